The summed E-state index contributed by atoms with van der Waals surface area (Å²) in [5, 5.41) is 0. The molecule has 0 bridgehead atoms. The zero-order chi connectivity index (χ0) is 18.0. The van der Waals surface area contributed by atoms with Crippen LogP contribution in [0.3, 0.4) is 0 Å². The van der Waals surface area contributed by atoms with Crippen molar-refractivity contribution in [2.24, 2.45) is 7.05 Å². The van der Waals surface area contributed by atoms with Crippen LogP contribution in [0.15, 0.2) is 36.7 Å². The monoisotopic (exact) mass is 347 g/mol. The van der Waals surface area contributed by atoms with Crippen molar-refractivity contribution in [2.45, 2.75) is 6.42 Å². The number of aryl methyl sites for hydroxylation is 1. The molecule has 25 heavy (non-hydrogen) atoms. The Morgan fingerprint density at radius 3 is 2.28 bits per heavy atom. The summed E-state index contributed by atoms with van der Waals surface area (Å²) in [6.45, 7) is 1.61. The minimum absolute atomic E-state index is 0.0196. The number of amides is 2. The minimum Gasteiger partial charge on any atom is -0.357 e. The number of hydrogen-bond acceptors (Lipinski definition) is 2. The minimum atomic E-state index is -1.04. The van der Waals surface area contributed by atoms with E-state index in [0.717, 1.165) is 17.7 Å². The van der Waals surface area contributed by atoms with Crippen LogP contribution in [0.5, 0.6) is 0 Å². The van der Waals surface area contributed by atoms with Crippen LogP contribution in [0.1, 0.15) is 15.9 Å². The van der Waals surface area contributed by atoms with Gasteiger partial charge in [0.2, 0.25) is 5.91 Å². The Kier molecular flexibility index (Phi) is 4.83. The van der Waals surface area contributed by atoms with Crippen LogP contribution in [0.2, 0.25) is 0 Å². The van der Waals surface area contributed by atoms with E-state index >= 15 is 0 Å². The smallest absolute Gasteiger partial charge is 0.254 e. The molecule has 0 saturated carbocycles. The van der Waals surface area contributed by atoms with Crippen molar-refractivity contribution >= 4 is 11.8 Å². The van der Waals surface area contributed by atoms with E-state index < -0.39 is 11.6 Å². The second-order valence-electron chi connectivity index (χ2n) is 6.16. The number of carbonyl (C=O) groups excluding carboxylic acids is 2. The van der Waals surface area contributed by atoms with E-state index in [4.69, 9.17) is 0 Å². The number of piperazine rings is 1. The summed E-state index contributed by atoms with van der Waals surface area (Å²) in [5.74, 6) is -2.35. The summed E-state index contributed by atoms with van der Waals surface area (Å²) < 4.78 is 28.2. The molecule has 132 valence electrons. The van der Waals surface area contributed by atoms with Gasteiger partial charge in [-0.15, -0.1) is 0 Å². The second kappa shape index (κ2) is 7.04. The van der Waals surface area contributed by atoms with Crippen LogP contribution < -0.4 is 0 Å². The van der Waals surface area contributed by atoms with Gasteiger partial charge in [0.05, 0.1) is 6.42 Å². The van der Waals surface area contributed by atoms with E-state index in [1.54, 1.807) is 9.80 Å². The second-order valence-corrected chi connectivity index (χ2v) is 6.16. The first-order chi connectivity index (χ1) is 11.9. The van der Waals surface area contributed by atoms with Crippen molar-refractivity contribution in [3.63, 3.8) is 0 Å². The molecule has 0 spiro atoms. The summed E-state index contributed by atoms with van der Waals surface area (Å²) in [6.07, 6.45) is 4.12. The van der Waals surface area contributed by atoms with E-state index in [0.29, 0.717) is 32.6 Å². The molecule has 0 N–H and O–H groups in total. The molecule has 2 heterocycles. The van der Waals surface area contributed by atoms with Gasteiger partial charge in [0.25, 0.3) is 5.91 Å². The van der Waals surface area contributed by atoms with Crippen molar-refractivity contribution in [1.29, 1.82) is 0 Å². The molecule has 1 saturated heterocycles. The number of halogens is 2. The van der Waals surface area contributed by atoms with Crippen molar-refractivity contribution < 1.29 is 18.4 Å². The summed E-state index contributed by atoms with van der Waals surface area (Å²) in [6, 6.07) is 5.03. The van der Waals surface area contributed by atoms with Gasteiger partial charge in [-0.3, -0.25) is 9.59 Å². The van der Waals surface area contributed by atoms with Gasteiger partial charge in [0.15, 0.2) is 11.6 Å². The van der Waals surface area contributed by atoms with Crippen molar-refractivity contribution in [3.05, 3.63) is 59.4 Å². The van der Waals surface area contributed by atoms with Crippen LogP contribution in [0, 0.1) is 11.6 Å². The fourth-order valence-electron chi connectivity index (χ4n) is 2.92. The molecule has 2 amide bonds. The molecule has 1 aromatic carbocycles. The van der Waals surface area contributed by atoms with E-state index in [-0.39, 0.29) is 17.4 Å². The van der Waals surface area contributed by atoms with Crippen LogP contribution >= 0.6 is 0 Å². The number of benzene rings is 1. The third-order valence-corrected chi connectivity index (χ3v) is 4.33. The summed E-state index contributed by atoms with van der Waals surface area (Å²) in [5.41, 5.74) is 1.07. The van der Waals surface area contributed by atoms with Gasteiger partial charge in [-0.25, -0.2) is 8.78 Å². The highest BCUT2D eigenvalue weighted by Crippen LogP contribution is 2.13. The first kappa shape index (κ1) is 17.1. The van der Waals surface area contributed by atoms with Gasteiger partial charge in [0.1, 0.15) is 0 Å². The van der Waals surface area contributed by atoms with Crippen molar-refractivity contribution in [3.8, 4) is 0 Å². The maximum Gasteiger partial charge on any atom is 0.254 e. The van der Waals surface area contributed by atoms with E-state index in [1.165, 1.54) is 6.07 Å². The fraction of sp³-hybridized carbons (Fsp3) is 0.333. The highest BCUT2D eigenvalue weighted by atomic mass is 19.2. The molecule has 0 radical (unpaired) electrons. The summed E-state index contributed by atoms with van der Waals surface area (Å²) in [4.78, 5) is 28.0. The molecule has 1 fully saturated rings. The Balaban J connectivity index is 1.56. The molecular formula is C18H19F2N3O2. The largest absolute Gasteiger partial charge is 0.357 e. The van der Waals surface area contributed by atoms with E-state index in [1.807, 2.05) is 30.1 Å². The zero-order valence-corrected chi connectivity index (χ0v) is 13.9. The van der Waals surface area contributed by atoms with Crippen LogP contribution in [-0.2, 0) is 18.3 Å². The predicted octanol–water partition coefficient (Wildman–Crippen LogP) is 1.83. The van der Waals surface area contributed by atoms with Crippen molar-refractivity contribution in [1.82, 2.24) is 14.4 Å². The topological polar surface area (TPSA) is 45.6 Å². The van der Waals surface area contributed by atoms with Crippen LogP contribution in [-0.4, -0.2) is 52.4 Å². The highest BCUT2D eigenvalue weighted by molar-refractivity contribution is 5.94. The Bertz CT molecular complexity index is 795. The molecule has 1 aromatic heterocycles. The maximum atomic E-state index is 13.3. The Labute approximate surface area is 144 Å². The molecule has 0 aliphatic carbocycles. The SMILES string of the molecule is Cn1ccc(CC(=O)N2CCN(C(=O)c3ccc(F)c(F)c3)CC2)c1. The van der Waals surface area contributed by atoms with Gasteiger partial charge in [-0.05, 0) is 29.8 Å². The number of carbonyl (C=O) groups is 2. The molecule has 0 unspecified atom stereocenters. The average Bonchev–Trinajstić information content (AvgIpc) is 3.01. The fourth-order valence-corrected chi connectivity index (χ4v) is 2.92. The number of hydrogen-bond donors (Lipinski definition) is 0. The molecule has 7 heteroatoms. The number of rotatable bonds is 3. The lowest BCUT2D eigenvalue weighted by molar-refractivity contribution is -0.131. The molecule has 3 rings (SSSR count). The standard InChI is InChI=1S/C18H19F2N3O2/c1-21-5-4-13(12-21)10-17(24)22-6-8-23(9-7-22)18(25)14-2-3-15(19)16(20)11-14/h2-5,11-12H,6-10H2,1H3. The normalized spacial score (nSPS) is 14.7. The Morgan fingerprint density at radius 1 is 1.00 bits per heavy atom. The lowest BCUT2D eigenvalue weighted by atomic mass is 10.1. The number of nitrogens with zero attached hydrogens (tertiary/aromatic N) is 3. The van der Waals surface area contributed by atoms with Crippen molar-refractivity contribution in [2.75, 3.05) is 26.2 Å². The predicted molar refractivity (Wildman–Crippen MR) is 88.0 cm³/mol. The quantitative estimate of drug-likeness (QED) is 0.850. The first-order valence-electron chi connectivity index (χ1n) is 8.07. The third kappa shape index (κ3) is 3.87. The molecular weight excluding hydrogens is 328 g/mol. The van der Waals surface area contributed by atoms with Crippen LogP contribution in [0.25, 0.3) is 0 Å². The summed E-state index contributed by atoms with van der Waals surface area (Å²) >= 11 is 0. The van der Waals surface area contributed by atoms with Gasteiger partial charge in [-0.1, -0.05) is 0 Å². The van der Waals surface area contributed by atoms with Gasteiger partial charge < -0.3 is 14.4 Å². The molecule has 5 nitrogen and oxygen atoms in total. The zero-order valence-electron chi connectivity index (χ0n) is 13.9. The third-order valence-electron chi connectivity index (χ3n) is 4.33. The van der Waals surface area contributed by atoms with Gasteiger partial charge >= 0.3 is 0 Å². The first-order valence-corrected chi connectivity index (χ1v) is 8.07. The molecule has 0 atom stereocenters. The molecule has 1 aliphatic rings. The molecule has 2 aromatic rings. The Hall–Kier alpha value is -2.70. The average molecular weight is 347 g/mol. The summed E-state index contributed by atoms with van der Waals surface area (Å²) in [7, 11) is 1.90. The van der Waals surface area contributed by atoms with Crippen LogP contribution in [0.4, 0.5) is 8.78 Å². The lowest BCUT2D eigenvalue weighted by Gasteiger charge is -2.34. The Morgan fingerprint density at radius 2 is 1.68 bits per heavy atom. The van der Waals surface area contributed by atoms with Gasteiger partial charge in [0, 0.05) is 51.2 Å². The maximum absolute atomic E-state index is 13.3. The lowest BCUT2D eigenvalue weighted by Crippen LogP contribution is -2.51. The number of aromatic nitrogens is 1. The van der Waals surface area contributed by atoms with E-state index in [2.05, 4.69) is 0 Å². The van der Waals surface area contributed by atoms with E-state index in [9.17, 15) is 18.4 Å². The molecule has 1 aliphatic heterocycles. The van der Waals surface area contributed by atoms with Gasteiger partial charge in [-0.2, -0.15) is 0 Å². The highest BCUT2D eigenvalue weighted by Gasteiger charge is 2.25.